The van der Waals surface area contributed by atoms with Crippen molar-refractivity contribution in [1.29, 1.82) is 0 Å². The third-order valence-corrected chi connectivity index (χ3v) is 22.3. The van der Waals surface area contributed by atoms with Crippen LogP contribution in [-0.4, -0.2) is 9.80 Å². The van der Waals surface area contributed by atoms with Crippen molar-refractivity contribution in [3.63, 3.8) is 0 Å². The number of allylic oxidation sites excluding steroid dienone is 4. The summed E-state index contributed by atoms with van der Waals surface area (Å²) in [6, 6.07) is 11.0. The van der Waals surface area contributed by atoms with Gasteiger partial charge >= 0.3 is 147 Å². The number of fused-ring (bicyclic) bond motifs is 1. The molecule has 3 rings (SSSR count). The molecule has 1 aromatic carbocycles. The molecule has 1 aliphatic carbocycles. The van der Waals surface area contributed by atoms with Gasteiger partial charge in [-0.05, 0) is 0 Å². The third-order valence-electron chi connectivity index (χ3n) is 6.92. The molecular formula is C22H33Cl2NTi. The maximum absolute atomic E-state index is 5.24. The molecule has 1 N–H and O–H groups in total. The molecule has 1 aromatic heterocycles. The number of aromatic nitrogens is 1. The zero-order valence-corrected chi connectivity index (χ0v) is 20.0. The monoisotopic (exact) mass is 429 g/mol. The van der Waals surface area contributed by atoms with E-state index in [1.54, 1.807) is 3.88 Å². The van der Waals surface area contributed by atoms with Crippen molar-refractivity contribution in [2.24, 2.45) is 0 Å². The first-order chi connectivity index (χ1) is 11.0. The van der Waals surface area contributed by atoms with Gasteiger partial charge in [-0.25, -0.2) is 0 Å². The average molecular weight is 430 g/mol. The van der Waals surface area contributed by atoms with Gasteiger partial charge in [0.1, 0.15) is 0 Å². The zero-order chi connectivity index (χ0) is 17.8. The van der Waals surface area contributed by atoms with Gasteiger partial charge in [0.05, 0.1) is 0 Å². The Labute approximate surface area is 171 Å². The Bertz CT molecular complexity index is 867. The molecule has 1 heterocycles. The molecule has 0 amide bonds. The number of aromatic amines is 1. The van der Waals surface area contributed by atoms with Gasteiger partial charge in [-0.1, -0.05) is 0 Å². The minimum absolute atomic E-state index is 0. The molecule has 0 spiro atoms. The molecule has 26 heavy (non-hydrogen) atoms. The van der Waals surface area contributed by atoms with E-state index in [9.17, 15) is 0 Å². The van der Waals surface area contributed by atoms with Crippen LogP contribution in [0.1, 0.15) is 48.0 Å². The molecule has 144 valence electrons. The molecular weight excluding hydrogens is 397 g/mol. The number of rotatable bonds is 2. The molecule has 0 radical (unpaired) electrons. The molecule has 0 atom stereocenters. The molecule has 1 aliphatic rings. The standard InChI is InChI=1S/C8H6N.C5H5.2C4H9.CH2.2ClH.Ti/c1-2-4-8-7(3-1)5-6-9-8;1-2-4-5-3-1;2*1-4(2)3;;;;/h1-5,9H;1-3H,4H2;2*1-3H3;1H2;2*1H;. The van der Waals surface area contributed by atoms with Crippen LogP contribution < -0.4 is 4.00 Å². The summed E-state index contributed by atoms with van der Waals surface area (Å²) in [4.78, 5) is 9.06. The van der Waals surface area contributed by atoms with E-state index in [0.29, 0.717) is 0 Å². The molecule has 2 aromatic rings. The Kier molecular flexibility index (Phi) is 6.40. The van der Waals surface area contributed by atoms with Gasteiger partial charge in [0, 0.05) is 0 Å². The summed E-state index contributed by atoms with van der Waals surface area (Å²) in [5.41, 5.74) is 1.23. The van der Waals surface area contributed by atoms with E-state index in [1.807, 2.05) is 0 Å². The fourth-order valence-electron chi connectivity index (χ4n) is 5.30. The van der Waals surface area contributed by atoms with Crippen molar-refractivity contribution in [1.82, 2.24) is 4.98 Å². The average Bonchev–Trinajstić information content (AvgIpc) is 3.13. The summed E-state index contributed by atoms with van der Waals surface area (Å²) in [7, 11) is 0. The first kappa shape index (κ1) is 23.4. The maximum atomic E-state index is 5.24. The molecule has 0 saturated carbocycles. The van der Waals surface area contributed by atoms with Crippen molar-refractivity contribution in [3.05, 3.63) is 52.4 Å². The van der Waals surface area contributed by atoms with Gasteiger partial charge in [0.15, 0.2) is 0 Å². The number of hydrogen-bond acceptors (Lipinski definition) is 0. The van der Waals surface area contributed by atoms with Crippen LogP contribution in [0.5, 0.6) is 0 Å². The van der Waals surface area contributed by atoms with E-state index in [4.69, 9.17) is 4.82 Å². The number of H-pyrrole nitrogens is 1. The summed E-state index contributed by atoms with van der Waals surface area (Å²) in [6.07, 6.45) is 7.93. The summed E-state index contributed by atoms with van der Waals surface area (Å²) < 4.78 is 3.23. The van der Waals surface area contributed by atoms with Gasteiger partial charge in [-0.3, -0.25) is 0 Å². The van der Waals surface area contributed by atoms with Crippen LogP contribution in [0.2, 0.25) is 7.44 Å². The SMILES string of the molecule is Cl.Cl.[CH2]=[Ti]([C]1=CC=CC1)([c]1cc2ccccc2[nH]1)([C](C)(C)C)[C](C)(C)C. The van der Waals surface area contributed by atoms with Crippen LogP contribution >= 0.6 is 24.8 Å². The van der Waals surface area contributed by atoms with Gasteiger partial charge < -0.3 is 0 Å². The first-order valence-electron chi connectivity index (χ1n) is 8.98. The van der Waals surface area contributed by atoms with Gasteiger partial charge in [-0.15, -0.1) is 24.8 Å². The summed E-state index contributed by atoms with van der Waals surface area (Å²) in [5, 5.41) is 1.30. The van der Waals surface area contributed by atoms with Crippen molar-refractivity contribution in [2.75, 3.05) is 0 Å². The van der Waals surface area contributed by atoms with E-state index < -0.39 is 14.8 Å². The van der Waals surface area contributed by atoms with Crippen molar-refractivity contribution in [3.8, 4) is 0 Å². The Morgan fingerprint density at radius 3 is 2.00 bits per heavy atom. The van der Waals surface area contributed by atoms with E-state index >= 15 is 0 Å². The summed E-state index contributed by atoms with van der Waals surface area (Å²) in [5.74, 6) is 0. The van der Waals surface area contributed by atoms with Crippen LogP contribution in [0, 0.1) is 0 Å². The molecule has 1 nitrogen and oxygen atoms in total. The van der Waals surface area contributed by atoms with Crippen LogP contribution in [-0.2, 0) is 14.8 Å². The molecule has 0 bridgehead atoms. The Hall–Kier alpha value is -0.596. The van der Waals surface area contributed by atoms with Crippen molar-refractivity contribution >= 4 is 44.5 Å². The number of hydrogen-bond donors (Lipinski definition) is 1. The number of nitrogens with one attached hydrogen (secondary N) is 1. The van der Waals surface area contributed by atoms with E-state index in [2.05, 4.69) is 95.1 Å². The van der Waals surface area contributed by atoms with Crippen LogP contribution in [0.25, 0.3) is 10.9 Å². The second-order valence-electron chi connectivity index (χ2n) is 9.55. The number of halogens is 2. The van der Waals surface area contributed by atoms with Gasteiger partial charge in [0.2, 0.25) is 0 Å². The molecule has 0 unspecified atom stereocenters. The summed E-state index contributed by atoms with van der Waals surface area (Å²) in [6.45, 7) is 14.5. The topological polar surface area (TPSA) is 15.8 Å². The van der Waals surface area contributed by atoms with E-state index in [1.165, 1.54) is 14.9 Å². The van der Waals surface area contributed by atoms with Crippen LogP contribution in [0.15, 0.2) is 52.4 Å². The van der Waals surface area contributed by atoms with Crippen LogP contribution in [0.4, 0.5) is 0 Å². The second kappa shape index (κ2) is 7.10. The molecule has 0 aliphatic heterocycles. The van der Waals surface area contributed by atoms with Crippen molar-refractivity contribution < 1.29 is 14.8 Å². The molecule has 0 fully saturated rings. The first-order valence-corrected chi connectivity index (χ1v) is 13.2. The molecule has 0 saturated heterocycles. The Balaban J connectivity index is 0.00000169. The van der Waals surface area contributed by atoms with Gasteiger partial charge in [-0.2, -0.15) is 0 Å². The fourth-order valence-corrected chi connectivity index (χ4v) is 17.9. The third kappa shape index (κ3) is 2.75. The second-order valence-corrected chi connectivity index (χ2v) is 20.6. The van der Waals surface area contributed by atoms with Gasteiger partial charge in [0.25, 0.3) is 0 Å². The quantitative estimate of drug-likeness (QED) is 0.492. The zero-order valence-electron chi connectivity index (χ0n) is 16.8. The summed E-state index contributed by atoms with van der Waals surface area (Å²) >= 11 is -3.66. The minimum atomic E-state index is -3.66. The predicted molar refractivity (Wildman–Crippen MR) is 121 cm³/mol. The fraction of sp³-hybridized carbons (Fsp3) is 0.409. The predicted octanol–water partition coefficient (Wildman–Crippen LogP) is 7.04. The normalized spacial score (nSPS) is 15.4. The Morgan fingerprint density at radius 1 is 0.962 bits per heavy atom. The molecule has 4 heteroatoms. The number of benzene rings is 1. The van der Waals surface area contributed by atoms with E-state index in [0.717, 1.165) is 6.42 Å². The Morgan fingerprint density at radius 2 is 1.54 bits per heavy atom. The van der Waals surface area contributed by atoms with E-state index in [-0.39, 0.29) is 32.3 Å². The number of para-hydroxylation sites is 1. The van der Waals surface area contributed by atoms with Crippen LogP contribution in [0.3, 0.4) is 0 Å². The van der Waals surface area contributed by atoms with Crippen molar-refractivity contribution in [2.45, 2.75) is 55.4 Å².